The quantitative estimate of drug-likeness (QED) is 0.796. The first-order valence-electron chi connectivity index (χ1n) is 7.61. The van der Waals surface area contributed by atoms with E-state index in [1.54, 1.807) is 27.7 Å². The lowest BCUT2D eigenvalue weighted by atomic mass is 9.92. The highest BCUT2D eigenvalue weighted by Gasteiger charge is 2.36. The molecule has 1 aliphatic rings. The van der Waals surface area contributed by atoms with Crippen LogP contribution in [0.3, 0.4) is 0 Å². The Kier molecular flexibility index (Phi) is 6.20. The summed E-state index contributed by atoms with van der Waals surface area (Å²) in [5, 5.41) is 9.13. The van der Waals surface area contributed by atoms with Crippen molar-refractivity contribution < 1.29 is 24.2 Å². The van der Waals surface area contributed by atoms with Crippen LogP contribution in [0, 0.1) is 5.41 Å². The van der Waals surface area contributed by atoms with E-state index in [1.165, 1.54) is 9.80 Å². The van der Waals surface area contributed by atoms with Gasteiger partial charge >= 0.3 is 12.1 Å². The molecule has 0 aromatic carbocycles. The fraction of sp³-hybridized carbons (Fsp3) is 0.800. The Morgan fingerprint density at radius 2 is 1.95 bits per heavy atom. The fourth-order valence-electron chi connectivity index (χ4n) is 2.53. The van der Waals surface area contributed by atoms with Crippen molar-refractivity contribution in [1.82, 2.24) is 9.80 Å². The Labute approximate surface area is 131 Å². The summed E-state index contributed by atoms with van der Waals surface area (Å²) in [6.07, 6.45) is 0.364. The molecule has 1 fully saturated rings. The van der Waals surface area contributed by atoms with Crippen molar-refractivity contribution in [2.24, 2.45) is 5.41 Å². The first-order chi connectivity index (χ1) is 10.2. The van der Waals surface area contributed by atoms with Gasteiger partial charge in [-0.3, -0.25) is 9.59 Å². The third-order valence-corrected chi connectivity index (χ3v) is 3.62. The minimum atomic E-state index is -0.996. The molecule has 1 atom stereocenters. The lowest BCUT2D eigenvalue weighted by molar-refractivity contribution is -0.154. The molecular weight excluding hydrogens is 288 g/mol. The Bertz CT molecular complexity index is 430. The van der Waals surface area contributed by atoms with Gasteiger partial charge in [-0.2, -0.15) is 0 Å². The van der Waals surface area contributed by atoms with Gasteiger partial charge in [0.05, 0.1) is 12.6 Å². The van der Waals surface area contributed by atoms with Crippen LogP contribution < -0.4 is 0 Å². The van der Waals surface area contributed by atoms with Crippen LogP contribution in [0.2, 0.25) is 0 Å². The minimum Gasteiger partial charge on any atom is -0.465 e. The summed E-state index contributed by atoms with van der Waals surface area (Å²) in [5.41, 5.74) is -0.641. The van der Waals surface area contributed by atoms with Crippen LogP contribution in [0.15, 0.2) is 0 Å². The van der Waals surface area contributed by atoms with Crippen molar-refractivity contribution >= 4 is 18.0 Å². The Balaban J connectivity index is 2.91. The number of esters is 1. The van der Waals surface area contributed by atoms with E-state index in [0.29, 0.717) is 19.4 Å². The molecule has 0 radical (unpaired) electrons. The van der Waals surface area contributed by atoms with Gasteiger partial charge in [0, 0.05) is 18.5 Å². The van der Waals surface area contributed by atoms with Crippen LogP contribution >= 0.6 is 0 Å². The summed E-state index contributed by atoms with van der Waals surface area (Å²) >= 11 is 0. The number of carbonyl (C=O) groups is 3. The third kappa shape index (κ3) is 4.89. The lowest BCUT2D eigenvalue weighted by Gasteiger charge is -2.40. The second-order valence-electron chi connectivity index (χ2n) is 6.51. The van der Waals surface area contributed by atoms with E-state index in [0.717, 1.165) is 0 Å². The fourth-order valence-corrected chi connectivity index (χ4v) is 2.53. The number of carbonyl (C=O) groups excluding carboxylic acids is 2. The molecule has 0 aromatic rings. The second-order valence-corrected chi connectivity index (χ2v) is 6.51. The predicted octanol–water partition coefficient (Wildman–Crippen LogP) is 1.57. The number of hydrogen-bond donors (Lipinski definition) is 1. The van der Waals surface area contributed by atoms with Crippen LogP contribution in [-0.2, 0) is 14.3 Å². The SMILES string of the molecule is CCOC(=O)CN(C(=O)C(C)(C)C)C1CCCN(C(=O)O)C1. The molecule has 1 heterocycles. The molecule has 0 bridgehead atoms. The zero-order valence-corrected chi connectivity index (χ0v) is 13.8. The van der Waals surface area contributed by atoms with Gasteiger partial charge in [0.15, 0.2) is 0 Å². The molecule has 1 saturated heterocycles. The molecular formula is C15H26N2O5. The number of piperidine rings is 1. The molecule has 0 saturated carbocycles. The molecule has 1 N–H and O–H groups in total. The van der Waals surface area contributed by atoms with Crippen molar-refractivity contribution in [1.29, 1.82) is 0 Å². The standard InChI is InChI=1S/C15H26N2O5/c1-5-22-12(18)10-17(13(19)15(2,3)4)11-7-6-8-16(9-11)14(20)21/h11H,5-10H2,1-4H3,(H,20,21). The highest BCUT2D eigenvalue weighted by atomic mass is 16.5. The third-order valence-electron chi connectivity index (χ3n) is 3.62. The summed E-state index contributed by atoms with van der Waals surface area (Å²) in [6.45, 7) is 7.87. The van der Waals surface area contributed by atoms with Gasteiger partial charge in [-0.1, -0.05) is 20.8 Å². The maximum atomic E-state index is 12.6. The molecule has 0 spiro atoms. The van der Waals surface area contributed by atoms with Crippen molar-refractivity contribution in [3.8, 4) is 0 Å². The molecule has 126 valence electrons. The number of hydrogen-bond acceptors (Lipinski definition) is 4. The summed E-state index contributed by atoms with van der Waals surface area (Å²) in [7, 11) is 0. The molecule has 7 nitrogen and oxygen atoms in total. The van der Waals surface area contributed by atoms with Crippen LogP contribution in [-0.4, -0.2) is 65.2 Å². The summed E-state index contributed by atoms with van der Waals surface area (Å²) in [4.78, 5) is 38.3. The minimum absolute atomic E-state index is 0.137. The topological polar surface area (TPSA) is 87.2 Å². The van der Waals surface area contributed by atoms with Crippen LogP contribution in [0.5, 0.6) is 0 Å². The monoisotopic (exact) mass is 314 g/mol. The van der Waals surface area contributed by atoms with Crippen molar-refractivity contribution in [3.63, 3.8) is 0 Å². The number of nitrogens with zero attached hydrogens (tertiary/aromatic N) is 2. The smallest absolute Gasteiger partial charge is 0.407 e. The van der Waals surface area contributed by atoms with Crippen molar-refractivity contribution in [3.05, 3.63) is 0 Å². The molecule has 0 aliphatic carbocycles. The largest absolute Gasteiger partial charge is 0.465 e. The van der Waals surface area contributed by atoms with Crippen LogP contribution in [0.25, 0.3) is 0 Å². The molecule has 1 unspecified atom stereocenters. The zero-order valence-electron chi connectivity index (χ0n) is 13.8. The van der Waals surface area contributed by atoms with Gasteiger partial charge in [-0.25, -0.2) is 4.79 Å². The molecule has 0 aromatic heterocycles. The molecule has 2 amide bonds. The van der Waals surface area contributed by atoms with E-state index in [9.17, 15) is 14.4 Å². The highest BCUT2D eigenvalue weighted by Crippen LogP contribution is 2.23. The molecule has 22 heavy (non-hydrogen) atoms. The summed E-state index contributed by atoms with van der Waals surface area (Å²) < 4.78 is 4.94. The maximum absolute atomic E-state index is 12.6. The van der Waals surface area contributed by atoms with E-state index >= 15 is 0 Å². The number of likely N-dealkylation sites (tertiary alicyclic amines) is 1. The average Bonchev–Trinajstić information content (AvgIpc) is 2.43. The van der Waals surface area contributed by atoms with E-state index < -0.39 is 17.5 Å². The van der Waals surface area contributed by atoms with E-state index in [2.05, 4.69) is 0 Å². The zero-order chi connectivity index (χ0) is 16.9. The van der Waals surface area contributed by atoms with E-state index in [-0.39, 0.29) is 31.6 Å². The van der Waals surface area contributed by atoms with Crippen LogP contribution in [0.4, 0.5) is 4.79 Å². The number of ether oxygens (including phenoxy) is 1. The number of amides is 2. The number of carboxylic acid groups (broad SMARTS) is 1. The van der Waals surface area contributed by atoms with E-state index in [1.807, 2.05) is 0 Å². The van der Waals surface area contributed by atoms with Gasteiger partial charge in [0.25, 0.3) is 0 Å². The summed E-state index contributed by atoms with van der Waals surface area (Å²) in [6, 6.07) is -0.291. The summed E-state index contributed by atoms with van der Waals surface area (Å²) in [5.74, 6) is -0.634. The van der Waals surface area contributed by atoms with Gasteiger partial charge < -0.3 is 19.6 Å². The molecule has 1 rings (SSSR count). The highest BCUT2D eigenvalue weighted by molar-refractivity contribution is 5.86. The van der Waals surface area contributed by atoms with E-state index in [4.69, 9.17) is 9.84 Å². The Hall–Kier alpha value is -1.79. The molecule has 7 heteroatoms. The maximum Gasteiger partial charge on any atom is 0.407 e. The van der Waals surface area contributed by atoms with Gasteiger partial charge in [0.1, 0.15) is 6.54 Å². The van der Waals surface area contributed by atoms with Crippen LogP contribution in [0.1, 0.15) is 40.5 Å². The Morgan fingerprint density at radius 1 is 1.32 bits per heavy atom. The predicted molar refractivity (Wildman–Crippen MR) is 80.4 cm³/mol. The number of rotatable bonds is 4. The van der Waals surface area contributed by atoms with Gasteiger partial charge in [-0.05, 0) is 19.8 Å². The second kappa shape index (κ2) is 7.47. The normalized spacial score (nSPS) is 18.7. The van der Waals surface area contributed by atoms with Gasteiger partial charge in [0.2, 0.25) is 5.91 Å². The van der Waals surface area contributed by atoms with Crippen molar-refractivity contribution in [2.75, 3.05) is 26.2 Å². The lowest BCUT2D eigenvalue weighted by Crippen LogP contribution is -2.55. The van der Waals surface area contributed by atoms with Crippen molar-refractivity contribution in [2.45, 2.75) is 46.6 Å². The first-order valence-corrected chi connectivity index (χ1v) is 7.61. The molecule has 1 aliphatic heterocycles. The van der Waals surface area contributed by atoms with Gasteiger partial charge in [-0.15, -0.1) is 0 Å². The Morgan fingerprint density at radius 3 is 2.45 bits per heavy atom. The first kappa shape index (κ1) is 18.3. The average molecular weight is 314 g/mol.